The third kappa shape index (κ3) is 2.85. The van der Waals surface area contributed by atoms with Crippen molar-refractivity contribution < 1.29 is 19.1 Å². The zero-order valence-corrected chi connectivity index (χ0v) is 7.91. The summed E-state index contributed by atoms with van der Waals surface area (Å²) in [5, 5.41) is 2.35. The molecule has 0 aromatic heterocycles. The SMILES string of the molecule is COC(=O)NC([C]=O)C1=CCCOC1. The molecule has 1 aliphatic heterocycles. The maximum absolute atomic E-state index is 10.8. The van der Waals surface area contributed by atoms with E-state index in [-0.39, 0.29) is 0 Å². The van der Waals surface area contributed by atoms with Gasteiger partial charge in [0.25, 0.3) is 0 Å². The fourth-order valence-corrected chi connectivity index (χ4v) is 1.15. The van der Waals surface area contributed by atoms with Crippen LogP contribution in [0.15, 0.2) is 11.6 Å². The van der Waals surface area contributed by atoms with Crippen LogP contribution in [0.4, 0.5) is 4.79 Å². The Hall–Kier alpha value is -1.36. The number of ether oxygens (including phenoxy) is 2. The van der Waals surface area contributed by atoms with Crippen LogP contribution in [-0.2, 0) is 14.3 Å². The Morgan fingerprint density at radius 2 is 2.57 bits per heavy atom. The molecule has 1 atom stereocenters. The van der Waals surface area contributed by atoms with Gasteiger partial charge in [-0.1, -0.05) is 6.08 Å². The van der Waals surface area contributed by atoms with Gasteiger partial charge in [-0.2, -0.15) is 0 Å². The van der Waals surface area contributed by atoms with Gasteiger partial charge in [0.15, 0.2) is 0 Å². The van der Waals surface area contributed by atoms with Gasteiger partial charge in [-0.25, -0.2) is 4.79 Å². The van der Waals surface area contributed by atoms with E-state index in [9.17, 15) is 9.59 Å². The van der Waals surface area contributed by atoms with Crippen LogP contribution < -0.4 is 5.32 Å². The Kier molecular flexibility index (Phi) is 4.12. The Balaban J connectivity index is 2.56. The molecule has 0 fully saturated rings. The highest BCUT2D eigenvalue weighted by Crippen LogP contribution is 2.09. The lowest BCUT2D eigenvalue weighted by Crippen LogP contribution is -2.39. The molecule has 0 aromatic carbocycles. The van der Waals surface area contributed by atoms with Gasteiger partial charge in [-0.05, 0) is 12.0 Å². The predicted molar refractivity (Wildman–Crippen MR) is 48.5 cm³/mol. The molecular weight excluding hydrogens is 186 g/mol. The monoisotopic (exact) mass is 198 g/mol. The van der Waals surface area contributed by atoms with Gasteiger partial charge in [0.05, 0.1) is 20.3 Å². The van der Waals surface area contributed by atoms with E-state index in [1.54, 1.807) is 6.29 Å². The molecule has 5 nitrogen and oxygen atoms in total. The number of alkyl carbamates (subject to hydrolysis) is 1. The minimum absolute atomic E-state index is 0.351. The predicted octanol–water partition coefficient (Wildman–Crippen LogP) is 0.167. The molecule has 1 unspecified atom stereocenters. The standard InChI is InChI=1S/C9H12NO4/c1-13-9(12)10-8(5-11)7-3-2-4-14-6-7/h3,8H,2,4,6H2,1H3,(H,10,12). The summed E-state index contributed by atoms with van der Waals surface area (Å²) >= 11 is 0. The van der Waals surface area contributed by atoms with E-state index < -0.39 is 12.1 Å². The normalized spacial score (nSPS) is 17.9. The van der Waals surface area contributed by atoms with Crippen molar-refractivity contribution in [1.29, 1.82) is 0 Å². The molecule has 77 valence electrons. The number of rotatable bonds is 3. The molecule has 0 saturated carbocycles. The maximum Gasteiger partial charge on any atom is 0.407 e. The molecule has 5 heteroatoms. The summed E-state index contributed by atoms with van der Waals surface area (Å²) in [5.41, 5.74) is 0.719. The van der Waals surface area contributed by atoms with Gasteiger partial charge >= 0.3 is 6.09 Å². The lowest BCUT2D eigenvalue weighted by molar-refractivity contribution is 0.144. The molecule has 0 bridgehead atoms. The minimum Gasteiger partial charge on any atom is -0.453 e. The Morgan fingerprint density at radius 3 is 3.07 bits per heavy atom. The number of hydrogen-bond donors (Lipinski definition) is 1. The van der Waals surface area contributed by atoms with E-state index >= 15 is 0 Å². The molecule has 1 radical (unpaired) electrons. The van der Waals surface area contributed by atoms with Gasteiger partial charge in [0.2, 0.25) is 6.29 Å². The largest absolute Gasteiger partial charge is 0.453 e. The van der Waals surface area contributed by atoms with Crippen molar-refractivity contribution in [1.82, 2.24) is 5.32 Å². The van der Waals surface area contributed by atoms with Gasteiger partial charge in [0, 0.05) is 0 Å². The van der Waals surface area contributed by atoms with Crippen LogP contribution in [-0.4, -0.2) is 38.7 Å². The molecule has 1 rings (SSSR count). The molecule has 0 saturated heterocycles. The third-order valence-corrected chi connectivity index (χ3v) is 1.87. The quantitative estimate of drug-likeness (QED) is 0.656. The van der Waals surface area contributed by atoms with Crippen molar-refractivity contribution in [3.8, 4) is 0 Å². The molecule has 1 amide bonds. The Labute approximate surface area is 82.1 Å². The summed E-state index contributed by atoms with van der Waals surface area (Å²) in [5.74, 6) is 0. The summed E-state index contributed by atoms with van der Waals surface area (Å²) < 4.78 is 9.52. The zero-order valence-electron chi connectivity index (χ0n) is 7.91. The van der Waals surface area contributed by atoms with Crippen LogP contribution in [0.2, 0.25) is 0 Å². The lowest BCUT2D eigenvalue weighted by atomic mass is 10.1. The highest BCUT2D eigenvalue weighted by atomic mass is 16.5. The van der Waals surface area contributed by atoms with E-state index in [0.717, 1.165) is 12.0 Å². The fraction of sp³-hybridized carbons (Fsp3) is 0.556. The smallest absolute Gasteiger partial charge is 0.407 e. The molecular formula is C9H12NO4. The van der Waals surface area contributed by atoms with Crippen molar-refractivity contribution >= 4 is 12.4 Å². The molecule has 1 heterocycles. The van der Waals surface area contributed by atoms with Crippen molar-refractivity contribution in [3.63, 3.8) is 0 Å². The average molecular weight is 198 g/mol. The van der Waals surface area contributed by atoms with E-state index in [2.05, 4.69) is 10.1 Å². The fourth-order valence-electron chi connectivity index (χ4n) is 1.15. The molecule has 14 heavy (non-hydrogen) atoms. The van der Waals surface area contributed by atoms with Crippen LogP contribution in [0.1, 0.15) is 6.42 Å². The lowest BCUT2D eigenvalue weighted by Gasteiger charge is -2.18. The summed E-state index contributed by atoms with van der Waals surface area (Å²) in [6.07, 6.45) is 3.69. The molecule has 1 N–H and O–H groups in total. The number of carbonyl (C=O) groups is 1. The number of carbonyl (C=O) groups excluding carboxylic acids is 2. The summed E-state index contributed by atoms with van der Waals surface area (Å²) in [6.45, 7) is 0.997. The first-order valence-electron chi connectivity index (χ1n) is 4.26. The van der Waals surface area contributed by atoms with Gasteiger partial charge in [-0.15, -0.1) is 0 Å². The number of nitrogens with one attached hydrogen (secondary N) is 1. The third-order valence-electron chi connectivity index (χ3n) is 1.87. The zero-order chi connectivity index (χ0) is 10.4. The summed E-state index contributed by atoms with van der Waals surface area (Å²) in [7, 11) is 1.24. The van der Waals surface area contributed by atoms with Crippen LogP contribution in [0.5, 0.6) is 0 Å². The Bertz CT molecular complexity index is 249. The van der Waals surface area contributed by atoms with Crippen LogP contribution in [0.3, 0.4) is 0 Å². The molecule has 1 aliphatic rings. The second kappa shape index (κ2) is 5.39. The first-order valence-corrected chi connectivity index (χ1v) is 4.26. The first kappa shape index (κ1) is 10.7. The average Bonchev–Trinajstić information content (AvgIpc) is 2.26. The minimum atomic E-state index is -0.761. The second-order valence-corrected chi connectivity index (χ2v) is 2.81. The topological polar surface area (TPSA) is 64.6 Å². The van der Waals surface area contributed by atoms with Gasteiger partial charge in [0.1, 0.15) is 6.04 Å². The van der Waals surface area contributed by atoms with Gasteiger partial charge < -0.3 is 14.8 Å². The molecule has 0 spiro atoms. The van der Waals surface area contributed by atoms with E-state index in [1.807, 2.05) is 6.08 Å². The highest BCUT2D eigenvalue weighted by molar-refractivity contribution is 5.75. The molecule has 0 aromatic rings. The van der Waals surface area contributed by atoms with Crippen molar-refractivity contribution in [2.45, 2.75) is 12.5 Å². The van der Waals surface area contributed by atoms with Crippen molar-refractivity contribution in [3.05, 3.63) is 11.6 Å². The van der Waals surface area contributed by atoms with Crippen molar-refractivity contribution in [2.24, 2.45) is 0 Å². The second-order valence-electron chi connectivity index (χ2n) is 2.81. The summed E-state index contributed by atoms with van der Waals surface area (Å²) in [6, 6.07) is -0.761. The number of hydrogen-bond acceptors (Lipinski definition) is 4. The number of methoxy groups -OCH3 is 1. The van der Waals surface area contributed by atoms with E-state index in [4.69, 9.17) is 4.74 Å². The molecule has 0 aliphatic carbocycles. The summed E-state index contributed by atoms with van der Waals surface area (Å²) in [4.78, 5) is 21.4. The van der Waals surface area contributed by atoms with Crippen LogP contribution in [0, 0.1) is 0 Å². The highest BCUT2D eigenvalue weighted by Gasteiger charge is 2.18. The Morgan fingerprint density at radius 1 is 1.79 bits per heavy atom. The first-order chi connectivity index (χ1) is 6.77. The van der Waals surface area contributed by atoms with Crippen molar-refractivity contribution in [2.75, 3.05) is 20.3 Å². The van der Waals surface area contributed by atoms with Gasteiger partial charge in [-0.3, -0.25) is 4.79 Å². The van der Waals surface area contributed by atoms with Crippen LogP contribution in [0.25, 0.3) is 0 Å². The van der Waals surface area contributed by atoms with E-state index in [1.165, 1.54) is 7.11 Å². The number of amides is 1. The maximum atomic E-state index is 10.8. The van der Waals surface area contributed by atoms with Crippen LogP contribution >= 0.6 is 0 Å². The van der Waals surface area contributed by atoms with E-state index in [0.29, 0.717) is 13.2 Å².